The van der Waals surface area contributed by atoms with E-state index in [1.54, 1.807) is 37.3 Å². The van der Waals surface area contributed by atoms with E-state index in [4.69, 9.17) is 9.47 Å². The minimum Gasteiger partial charge on any atom is -0.491 e. The van der Waals surface area contributed by atoms with Crippen molar-refractivity contribution in [3.63, 3.8) is 0 Å². The first-order chi connectivity index (χ1) is 16.2. The van der Waals surface area contributed by atoms with Crippen molar-refractivity contribution in [1.29, 1.82) is 0 Å². The number of hydrogen-bond donors (Lipinski definition) is 2. The number of likely N-dealkylation sites (N-methyl/N-ethyl adjacent to an activating group) is 1. The molecule has 1 aliphatic heterocycles. The largest absolute Gasteiger partial charge is 0.491 e. The summed E-state index contributed by atoms with van der Waals surface area (Å²) in [7, 11) is 3.36. The Balaban J connectivity index is 1.90. The quantitative estimate of drug-likeness (QED) is 0.684. The molecule has 3 atom stereocenters. The predicted molar refractivity (Wildman–Crippen MR) is 130 cm³/mol. The molecule has 1 aliphatic carbocycles. The van der Waals surface area contributed by atoms with E-state index in [-0.39, 0.29) is 48.4 Å². The molecular formula is C25H38N4O5. The summed E-state index contributed by atoms with van der Waals surface area (Å²) in [6.45, 7) is 7.73. The van der Waals surface area contributed by atoms with Gasteiger partial charge in [-0.05, 0) is 44.4 Å². The highest BCUT2D eigenvalue weighted by Gasteiger charge is 2.37. The second-order valence-electron chi connectivity index (χ2n) is 9.45. The number of anilines is 1. The zero-order valence-corrected chi connectivity index (χ0v) is 20.9. The minimum absolute atomic E-state index is 0.0274. The number of urea groups is 1. The summed E-state index contributed by atoms with van der Waals surface area (Å²) < 4.78 is 11.8. The maximum Gasteiger partial charge on any atom is 0.319 e. The highest BCUT2D eigenvalue weighted by Crippen LogP contribution is 2.33. The van der Waals surface area contributed by atoms with Gasteiger partial charge in [-0.25, -0.2) is 4.79 Å². The fourth-order valence-corrected chi connectivity index (χ4v) is 4.14. The lowest BCUT2D eigenvalue weighted by molar-refractivity contribution is -0.136. The summed E-state index contributed by atoms with van der Waals surface area (Å²) in [5.74, 6) is 0.495. The molecule has 1 heterocycles. The molecule has 4 amide bonds. The summed E-state index contributed by atoms with van der Waals surface area (Å²) >= 11 is 0. The molecule has 0 unspecified atom stereocenters. The minimum atomic E-state index is -0.326. The van der Waals surface area contributed by atoms with E-state index in [0.717, 1.165) is 19.3 Å². The smallest absolute Gasteiger partial charge is 0.319 e. The van der Waals surface area contributed by atoms with Gasteiger partial charge in [0.25, 0.3) is 5.91 Å². The highest BCUT2D eigenvalue weighted by atomic mass is 16.5. The number of ether oxygens (including phenoxy) is 2. The first-order valence-corrected chi connectivity index (χ1v) is 12.2. The molecule has 0 saturated heterocycles. The molecule has 9 heteroatoms. The lowest BCUT2D eigenvalue weighted by Crippen LogP contribution is -2.49. The Morgan fingerprint density at radius 1 is 1.21 bits per heavy atom. The van der Waals surface area contributed by atoms with Gasteiger partial charge in [0.15, 0.2) is 0 Å². The van der Waals surface area contributed by atoms with Crippen LogP contribution in [0.5, 0.6) is 5.75 Å². The first-order valence-electron chi connectivity index (χ1n) is 12.2. The van der Waals surface area contributed by atoms with Crippen LogP contribution in [0.4, 0.5) is 10.5 Å². The molecule has 0 bridgehead atoms. The fourth-order valence-electron chi connectivity index (χ4n) is 4.14. The monoisotopic (exact) mass is 474 g/mol. The maximum atomic E-state index is 13.4. The van der Waals surface area contributed by atoms with Crippen molar-refractivity contribution in [2.75, 3.05) is 45.7 Å². The van der Waals surface area contributed by atoms with Crippen molar-refractivity contribution in [3.8, 4) is 5.75 Å². The predicted octanol–water partition coefficient (Wildman–Crippen LogP) is 2.96. The summed E-state index contributed by atoms with van der Waals surface area (Å²) in [4.78, 5) is 42.0. The molecule has 9 nitrogen and oxygen atoms in total. The molecule has 1 saturated carbocycles. The van der Waals surface area contributed by atoms with E-state index in [0.29, 0.717) is 36.6 Å². The Hall–Kier alpha value is -2.81. The van der Waals surface area contributed by atoms with Crippen LogP contribution in [-0.4, -0.2) is 80.2 Å². The van der Waals surface area contributed by atoms with Crippen molar-refractivity contribution >= 4 is 23.5 Å². The van der Waals surface area contributed by atoms with Crippen LogP contribution in [0.1, 0.15) is 50.4 Å². The van der Waals surface area contributed by atoms with Gasteiger partial charge in [-0.2, -0.15) is 0 Å². The normalized spacial score (nSPS) is 23.8. The zero-order valence-electron chi connectivity index (χ0n) is 20.9. The molecule has 34 heavy (non-hydrogen) atoms. The van der Waals surface area contributed by atoms with E-state index in [9.17, 15) is 14.4 Å². The Labute approximate surface area is 202 Å². The molecule has 0 radical (unpaired) electrons. The van der Waals surface area contributed by atoms with E-state index in [1.807, 2.05) is 25.7 Å². The molecule has 1 fully saturated rings. The summed E-state index contributed by atoms with van der Waals surface area (Å²) in [5, 5.41) is 5.53. The molecular weight excluding hydrogens is 436 g/mol. The van der Waals surface area contributed by atoms with Crippen LogP contribution in [0.2, 0.25) is 0 Å². The summed E-state index contributed by atoms with van der Waals surface area (Å²) in [6, 6.07) is 4.55. The van der Waals surface area contributed by atoms with Crippen LogP contribution >= 0.6 is 0 Å². The maximum absolute atomic E-state index is 13.4. The number of carbonyl (C=O) groups is 3. The topological polar surface area (TPSA) is 100 Å². The first kappa shape index (κ1) is 25.8. The highest BCUT2D eigenvalue weighted by molar-refractivity contribution is 5.99. The zero-order chi connectivity index (χ0) is 24.8. The lowest BCUT2D eigenvalue weighted by atomic mass is 10.0. The van der Waals surface area contributed by atoms with Crippen LogP contribution in [0.15, 0.2) is 18.2 Å². The van der Waals surface area contributed by atoms with Gasteiger partial charge < -0.3 is 29.9 Å². The second-order valence-corrected chi connectivity index (χ2v) is 9.45. The summed E-state index contributed by atoms with van der Waals surface area (Å²) in [5.41, 5.74) is 0.853. The third-order valence-electron chi connectivity index (χ3n) is 6.45. The molecule has 2 N–H and O–H groups in total. The second kappa shape index (κ2) is 11.6. The van der Waals surface area contributed by atoms with E-state index in [1.165, 1.54) is 0 Å². The Morgan fingerprint density at radius 2 is 1.94 bits per heavy atom. The van der Waals surface area contributed by atoms with E-state index in [2.05, 4.69) is 10.6 Å². The third-order valence-corrected chi connectivity index (χ3v) is 6.45. The number of nitrogens with one attached hydrogen (secondary N) is 2. The lowest BCUT2D eigenvalue weighted by Gasteiger charge is -2.36. The van der Waals surface area contributed by atoms with Crippen LogP contribution in [0.25, 0.3) is 0 Å². The van der Waals surface area contributed by atoms with Crippen LogP contribution < -0.4 is 15.4 Å². The molecule has 188 valence electrons. The Kier molecular flexibility index (Phi) is 8.77. The van der Waals surface area contributed by atoms with Crippen LogP contribution in [-0.2, 0) is 9.53 Å². The van der Waals surface area contributed by atoms with Crippen molar-refractivity contribution < 1.29 is 23.9 Å². The molecule has 1 aromatic rings. The summed E-state index contributed by atoms with van der Waals surface area (Å²) in [6.07, 6.45) is 2.46. The SMILES string of the molecule is CCCNC(=O)Nc1ccc2c(c1)C(=O)N(C)C[C@H](OC)[C@H](C)CN(C(=O)C1CC1)[C@@H](C)CO2. The van der Waals surface area contributed by atoms with Gasteiger partial charge in [-0.3, -0.25) is 9.59 Å². The number of methoxy groups -OCH3 is 1. The standard InChI is InChI=1S/C25H38N4O5/c1-6-11-26-25(32)27-19-9-10-21-20(12-19)24(31)28(4)14-22(33-5)16(2)13-29(17(3)15-34-21)23(30)18-7-8-18/h9-10,12,16-18,22H,6-8,11,13-15H2,1-5H3,(H2,26,27,32)/t16-,17+,22+/m1/s1. The third kappa shape index (κ3) is 6.40. The number of benzene rings is 1. The van der Waals surface area contributed by atoms with Gasteiger partial charge in [-0.1, -0.05) is 13.8 Å². The van der Waals surface area contributed by atoms with Crippen molar-refractivity contribution in [2.24, 2.45) is 11.8 Å². The number of fused-ring (bicyclic) bond motifs is 1. The molecule has 1 aromatic carbocycles. The molecule has 0 spiro atoms. The van der Waals surface area contributed by atoms with Crippen molar-refractivity contribution in [2.45, 2.75) is 52.2 Å². The van der Waals surface area contributed by atoms with E-state index < -0.39 is 0 Å². The number of amides is 4. The molecule has 3 rings (SSSR count). The average molecular weight is 475 g/mol. The number of nitrogens with zero attached hydrogens (tertiary/aromatic N) is 2. The van der Waals surface area contributed by atoms with E-state index >= 15 is 0 Å². The number of carbonyl (C=O) groups excluding carboxylic acids is 3. The van der Waals surface area contributed by atoms with Gasteiger partial charge >= 0.3 is 6.03 Å². The van der Waals surface area contributed by atoms with Gasteiger partial charge in [0.05, 0.1) is 17.7 Å². The van der Waals surface area contributed by atoms with Gasteiger partial charge in [-0.15, -0.1) is 0 Å². The Bertz CT molecular complexity index is 888. The fraction of sp³-hybridized carbons (Fsp3) is 0.640. The molecule has 2 aliphatic rings. The van der Waals surface area contributed by atoms with Gasteiger partial charge in [0.2, 0.25) is 5.91 Å². The van der Waals surface area contributed by atoms with Crippen molar-refractivity contribution in [3.05, 3.63) is 23.8 Å². The van der Waals surface area contributed by atoms with Gasteiger partial charge in [0.1, 0.15) is 12.4 Å². The Morgan fingerprint density at radius 3 is 2.59 bits per heavy atom. The number of hydrogen-bond acceptors (Lipinski definition) is 5. The van der Waals surface area contributed by atoms with Gasteiger partial charge in [0, 0.05) is 51.3 Å². The van der Waals surface area contributed by atoms with Crippen LogP contribution in [0.3, 0.4) is 0 Å². The van der Waals surface area contributed by atoms with Crippen molar-refractivity contribution in [1.82, 2.24) is 15.1 Å². The number of rotatable bonds is 5. The van der Waals surface area contributed by atoms with Crippen LogP contribution in [0, 0.1) is 11.8 Å². The average Bonchev–Trinajstić information content (AvgIpc) is 3.67. The molecule has 0 aromatic heterocycles.